The molecule has 1 fully saturated rings. The third-order valence-electron chi connectivity index (χ3n) is 6.63. The average Bonchev–Trinajstić information content (AvgIpc) is 3.15. The van der Waals surface area contributed by atoms with Gasteiger partial charge in [-0.15, -0.1) is 0 Å². The van der Waals surface area contributed by atoms with Crippen molar-refractivity contribution in [1.29, 1.82) is 0 Å². The first-order chi connectivity index (χ1) is 15.4. The number of hydrogen-bond acceptors (Lipinski definition) is 4. The molecule has 0 saturated heterocycles. The lowest BCUT2D eigenvalue weighted by molar-refractivity contribution is 0.0943. The minimum Gasteiger partial charge on any atom is -0.355 e. The van der Waals surface area contributed by atoms with Crippen molar-refractivity contribution in [2.45, 2.75) is 65.7 Å². The molecular formula is C26H43N5O. The van der Waals surface area contributed by atoms with Crippen molar-refractivity contribution in [2.75, 3.05) is 45.2 Å². The molecule has 1 saturated carbocycles. The molecule has 2 heterocycles. The van der Waals surface area contributed by atoms with Crippen LogP contribution in [0.1, 0.15) is 75.3 Å². The van der Waals surface area contributed by atoms with Crippen LogP contribution in [0.4, 0.5) is 5.82 Å². The second kappa shape index (κ2) is 11.7. The van der Waals surface area contributed by atoms with Crippen molar-refractivity contribution in [3.05, 3.63) is 29.6 Å². The van der Waals surface area contributed by atoms with Gasteiger partial charge in [0.1, 0.15) is 11.5 Å². The molecule has 0 unspecified atom stereocenters. The molecular weight excluding hydrogens is 398 g/mol. The highest BCUT2D eigenvalue weighted by atomic mass is 16.1. The fraction of sp³-hybridized carbons (Fsp3) is 0.692. The number of imidazole rings is 1. The Hall–Kier alpha value is -2.08. The maximum absolute atomic E-state index is 13.0. The van der Waals surface area contributed by atoms with E-state index < -0.39 is 0 Å². The monoisotopic (exact) mass is 441 g/mol. The van der Waals surface area contributed by atoms with Gasteiger partial charge in [0.05, 0.1) is 11.3 Å². The highest BCUT2D eigenvalue weighted by molar-refractivity contribution is 5.94. The number of aryl methyl sites for hydroxylation is 1. The summed E-state index contributed by atoms with van der Waals surface area (Å²) in [7, 11) is 4.23. The summed E-state index contributed by atoms with van der Waals surface area (Å²) in [6, 6.07) is 3.91. The summed E-state index contributed by atoms with van der Waals surface area (Å²) in [6.07, 6.45) is 10.4. The van der Waals surface area contributed by atoms with Gasteiger partial charge in [-0.05, 0) is 63.7 Å². The topological polar surface area (TPSA) is 52.9 Å². The van der Waals surface area contributed by atoms with Crippen LogP contribution in [0, 0.1) is 11.8 Å². The van der Waals surface area contributed by atoms with E-state index >= 15 is 0 Å². The molecule has 3 rings (SSSR count). The number of rotatable bonds is 11. The third kappa shape index (κ3) is 6.47. The zero-order valence-electron chi connectivity index (χ0n) is 20.9. The van der Waals surface area contributed by atoms with Gasteiger partial charge in [-0.3, -0.25) is 9.20 Å². The zero-order chi connectivity index (χ0) is 23.1. The first kappa shape index (κ1) is 24.6. The summed E-state index contributed by atoms with van der Waals surface area (Å²) < 4.78 is 2.14. The van der Waals surface area contributed by atoms with Gasteiger partial charge in [0.2, 0.25) is 0 Å². The summed E-state index contributed by atoms with van der Waals surface area (Å²) in [5, 5.41) is 3.19. The van der Waals surface area contributed by atoms with Crippen LogP contribution >= 0.6 is 0 Å². The molecule has 178 valence electrons. The van der Waals surface area contributed by atoms with E-state index in [-0.39, 0.29) is 5.91 Å². The smallest absolute Gasteiger partial charge is 0.252 e. The third-order valence-corrected chi connectivity index (χ3v) is 6.63. The van der Waals surface area contributed by atoms with Gasteiger partial charge >= 0.3 is 0 Å². The lowest BCUT2D eigenvalue weighted by atomic mass is 9.89. The molecule has 0 atom stereocenters. The summed E-state index contributed by atoms with van der Waals surface area (Å²) in [6.45, 7) is 10.4. The summed E-state index contributed by atoms with van der Waals surface area (Å²) in [5.74, 6) is 2.44. The van der Waals surface area contributed by atoms with E-state index in [4.69, 9.17) is 4.98 Å². The SMILES string of the molecule is CCc1nc2ccc(C(=O)NCC3CCCCC3)cn2c1N(CCC(C)C)CCN(C)C. The van der Waals surface area contributed by atoms with E-state index in [1.807, 2.05) is 18.3 Å². The van der Waals surface area contributed by atoms with Crippen molar-refractivity contribution in [1.82, 2.24) is 19.6 Å². The average molecular weight is 442 g/mol. The van der Waals surface area contributed by atoms with Gasteiger partial charge in [-0.1, -0.05) is 40.0 Å². The quantitative estimate of drug-likeness (QED) is 0.553. The molecule has 0 aliphatic heterocycles. The van der Waals surface area contributed by atoms with E-state index in [9.17, 15) is 4.79 Å². The number of likely N-dealkylation sites (N-methyl/N-ethyl adjacent to an activating group) is 1. The second-order valence-corrected chi connectivity index (χ2v) is 10.1. The fourth-order valence-electron chi connectivity index (χ4n) is 4.58. The predicted molar refractivity (Wildman–Crippen MR) is 134 cm³/mol. The zero-order valence-corrected chi connectivity index (χ0v) is 20.9. The van der Waals surface area contributed by atoms with Gasteiger partial charge < -0.3 is 15.1 Å². The second-order valence-electron chi connectivity index (χ2n) is 10.1. The number of nitrogens with zero attached hydrogens (tertiary/aromatic N) is 4. The highest BCUT2D eigenvalue weighted by Gasteiger charge is 2.20. The van der Waals surface area contributed by atoms with Crippen LogP contribution in [-0.4, -0.2) is 60.5 Å². The molecule has 6 nitrogen and oxygen atoms in total. The molecule has 6 heteroatoms. The lowest BCUT2D eigenvalue weighted by Crippen LogP contribution is -2.34. The van der Waals surface area contributed by atoms with Gasteiger partial charge in [0, 0.05) is 32.4 Å². The van der Waals surface area contributed by atoms with Crippen LogP contribution in [0.15, 0.2) is 18.3 Å². The van der Waals surface area contributed by atoms with Crippen LogP contribution in [0.3, 0.4) is 0 Å². The molecule has 2 aromatic rings. The van der Waals surface area contributed by atoms with E-state index in [2.05, 4.69) is 54.4 Å². The predicted octanol–water partition coefficient (Wildman–Crippen LogP) is 4.62. The Labute approximate surface area is 194 Å². The number of carbonyl (C=O) groups is 1. The minimum absolute atomic E-state index is 0.0252. The standard InChI is InChI=1S/C26H43N5O/c1-6-23-26(30(15-14-20(2)3)17-16-29(4)5)31-19-22(12-13-24(31)28-23)25(32)27-18-21-10-8-7-9-11-21/h12-13,19-21H,6-11,14-18H2,1-5H3,(H,27,32). The molecule has 1 amide bonds. The largest absolute Gasteiger partial charge is 0.355 e. The molecule has 0 bridgehead atoms. The maximum atomic E-state index is 13.0. The van der Waals surface area contributed by atoms with Gasteiger partial charge in [-0.25, -0.2) is 4.98 Å². The van der Waals surface area contributed by atoms with Gasteiger partial charge in [-0.2, -0.15) is 0 Å². The molecule has 0 aromatic carbocycles. The molecule has 1 N–H and O–H groups in total. The van der Waals surface area contributed by atoms with Crippen LogP contribution < -0.4 is 10.2 Å². The normalized spacial score (nSPS) is 15.1. The van der Waals surface area contributed by atoms with Crippen LogP contribution in [0.2, 0.25) is 0 Å². The molecule has 0 spiro atoms. The molecule has 1 aliphatic carbocycles. The number of pyridine rings is 1. The Balaban J connectivity index is 1.85. The van der Waals surface area contributed by atoms with Crippen LogP contribution in [0.25, 0.3) is 5.65 Å². The number of nitrogens with one attached hydrogen (secondary N) is 1. The molecule has 1 aliphatic rings. The highest BCUT2D eigenvalue weighted by Crippen LogP contribution is 2.26. The Morgan fingerprint density at radius 3 is 2.56 bits per heavy atom. The van der Waals surface area contributed by atoms with Crippen molar-refractivity contribution < 1.29 is 4.79 Å². The molecule has 2 aromatic heterocycles. The fourth-order valence-corrected chi connectivity index (χ4v) is 4.58. The summed E-state index contributed by atoms with van der Waals surface area (Å²) in [4.78, 5) is 22.5. The van der Waals surface area contributed by atoms with E-state index in [0.29, 0.717) is 17.4 Å². The lowest BCUT2D eigenvalue weighted by Gasteiger charge is -2.27. The first-order valence-electron chi connectivity index (χ1n) is 12.6. The van der Waals surface area contributed by atoms with Crippen LogP contribution in [0.5, 0.6) is 0 Å². The van der Waals surface area contributed by atoms with Crippen LogP contribution in [-0.2, 0) is 6.42 Å². The van der Waals surface area contributed by atoms with E-state index in [0.717, 1.165) is 56.2 Å². The Morgan fingerprint density at radius 2 is 1.91 bits per heavy atom. The minimum atomic E-state index is 0.0252. The van der Waals surface area contributed by atoms with E-state index in [1.165, 1.54) is 32.1 Å². The Bertz CT molecular complexity index is 854. The summed E-state index contributed by atoms with van der Waals surface area (Å²) >= 11 is 0. The number of aromatic nitrogens is 2. The van der Waals surface area contributed by atoms with Crippen molar-refractivity contribution in [2.24, 2.45) is 11.8 Å². The number of hydrogen-bond donors (Lipinski definition) is 1. The van der Waals surface area contributed by atoms with Crippen molar-refractivity contribution in [3.8, 4) is 0 Å². The maximum Gasteiger partial charge on any atom is 0.252 e. The number of carbonyl (C=O) groups excluding carboxylic acids is 1. The summed E-state index contributed by atoms with van der Waals surface area (Å²) in [5.41, 5.74) is 2.73. The number of fused-ring (bicyclic) bond motifs is 1. The Kier molecular flexibility index (Phi) is 8.97. The number of anilines is 1. The Morgan fingerprint density at radius 1 is 1.16 bits per heavy atom. The van der Waals surface area contributed by atoms with E-state index in [1.54, 1.807) is 0 Å². The first-order valence-corrected chi connectivity index (χ1v) is 12.6. The van der Waals surface area contributed by atoms with Gasteiger partial charge in [0.15, 0.2) is 0 Å². The van der Waals surface area contributed by atoms with Gasteiger partial charge in [0.25, 0.3) is 5.91 Å². The van der Waals surface area contributed by atoms with Crippen molar-refractivity contribution in [3.63, 3.8) is 0 Å². The molecule has 32 heavy (non-hydrogen) atoms. The number of amides is 1. The van der Waals surface area contributed by atoms with Crippen molar-refractivity contribution >= 4 is 17.4 Å². The molecule has 0 radical (unpaired) electrons.